The van der Waals surface area contributed by atoms with Crippen molar-refractivity contribution < 1.29 is 9.18 Å². The molecule has 0 fully saturated rings. The van der Waals surface area contributed by atoms with Crippen molar-refractivity contribution in [1.29, 1.82) is 0 Å². The van der Waals surface area contributed by atoms with Crippen molar-refractivity contribution in [2.24, 2.45) is 0 Å². The lowest BCUT2D eigenvalue weighted by Crippen LogP contribution is -2.38. The lowest BCUT2D eigenvalue weighted by atomic mass is 10.1. The van der Waals surface area contributed by atoms with Crippen LogP contribution >= 0.6 is 15.9 Å². The van der Waals surface area contributed by atoms with Gasteiger partial charge in [0, 0.05) is 10.0 Å². The number of aromatic amines is 1. The largest absolute Gasteiger partial charge is 0.346 e. The Hall–Kier alpha value is -1.76. The van der Waals surface area contributed by atoms with Gasteiger partial charge in [-0.2, -0.15) is 5.10 Å². The molecule has 1 aromatic heterocycles. The van der Waals surface area contributed by atoms with Gasteiger partial charge in [0.15, 0.2) is 11.5 Å². The number of benzene rings is 1. The number of amides is 1. The van der Waals surface area contributed by atoms with Crippen molar-refractivity contribution in [3.05, 3.63) is 34.6 Å². The fourth-order valence-corrected chi connectivity index (χ4v) is 1.74. The number of carbonyl (C=O) groups excluding carboxylic acids is 1. The molecule has 0 atom stereocenters. The molecule has 2 aromatic rings. The molecule has 106 valence electrons. The van der Waals surface area contributed by atoms with Gasteiger partial charge in [-0.05, 0) is 26.0 Å². The van der Waals surface area contributed by atoms with Crippen LogP contribution in [0.2, 0.25) is 0 Å². The minimum atomic E-state index is -1.91. The average Bonchev–Trinajstić information content (AvgIpc) is 2.84. The van der Waals surface area contributed by atoms with E-state index in [-0.39, 0.29) is 6.54 Å². The number of nitrogens with zero attached hydrogens (tertiary/aromatic N) is 2. The lowest BCUT2D eigenvalue weighted by molar-refractivity contribution is -0.130. The van der Waals surface area contributed by atoms with Gasteiger partial charge in [-0.3, -0.25) is 9.89 Å². The van der Waals surface area contributed by atoms with Gasteiger partial charge in [-0.25, -0.2) is 9.37 Å². The first-order chi connectivity index (χ1) is 9.36. The Morgan fingerprint density at radius 3 is 2.65 bits per heavy atom. The summed E-state index contributed by atoms with van der Waals surface area (Å²) in [4.78, 5) is 15.6. The molecule has 5 nitrogen and oxygen atoms in total. The highest BCUT2D eigenvalue weighted by molar-refractivity contribution is 9.10. The van der Waals surface area contributed by atoms with Crippen LogP contribution in [-0.4, -0.2) is 26.8 Å². The first kappa shape index (κ1) is 14.6. The zero-order chi connectivity index (χ0) is 14.8. The van der Waals surface area contributed by atoms with Gasteiger partial charge < -0.3 is 5.32 Å². The Morgan fingerprint density at radius 1 is 1.40 bits per heavy atom. The van der Waals surface area contributed by atoms with E-state index in [2.05, 4.69) is 36.4 Å². The second-order valence-corrected chi connectivity index (χ2v) is 5.68. The average molecular weight is 341 g/mol. The molecule has 0 spiro atoms. The number of H-pyrrole nitrogens is 1. The third kappa shape index (κ3) is 3.63. The molecular formula is C13H14BrFN4O. The van der Waals surface area contributed by atoms with Crippen LogP contribution in [0.4, 0.5) is 4.39 Å². The molecule has 0 aliphatic heterocycles. The summed E-state index contributed by atoms with van der Waals surface area (Å²) in [5.41, 5.74) is -1.05. The second-order valence-electron chi connectivity index (χ2n) is 4.77. The van der Waals surface area contributed by atoms with Crippen molar-refractivity contribution in [3.8, 4) is 11.4 Å². The van der Waals surface area contributed by atoms with Crippen LogP contribution < -0.4 is 5.32 Å². The number of hydrogen-bond donors (Lipinski definition) is 2. The second kappa shape index (κ2) is 5.70. The first-order valence-electron chi connectivity index (χ1n) is 6.00. The van der Waals surface area contributed by atoms with Gasteiger partial charge in [0.1, 0.15) is 5.82 Å². The molecule has 1 aromatic carbocycles. The Bertz CT molecular complexity index is 604. The summed E-state index contributed by atoms with van der Waals surface area (Å²) in [6.45, 7) is 2.52. The number of halogens is 2. The molecule has 0 saturated heterocycles. The van der Waals surface area contributed by atoms with E-state index in [4.69, 9.17) is 0 Å². The van der Waals surface area contributed by atoms with Crippen molar-refractivity contribution in [2.75, 3.05) is 0 Å². The maximum Gasteiger partial charge on any atom is 0.257 e. The van der Waals surface area contributed by atoms with Gasteiger partial charge in [0.05, 0.1) is 6.54 Å². The van der Waals surface area contributed by atoms with Crippen molar-refractivity contribution in [2.45, 2.75) is 26.1 Å². The van der Waals surface area contributed by atoms with E-state index in [9.17, 15) is 9.18 Å². The third-order valence-corrected chi connectivity index (χ3v) is 3.12. The number of rotatable bonds is 4. The molecule has 0 unspecified atom stereocenters. The Balaban J connectivity index is 2.03. The Morgan fingerprint density at radius 2 is 2.05 bits per heavy atom. The van der Waals surface area contributed by atoms with E-state index in [0.29, 0.717) is 11.6 Å². The van der Waals surface area contributed by atoms with Crippen LogP contribution in [0.5, 0.6) is 0 Å². The standard InChI is InChI=1S/C13H14BrFN4O/c1-13(2,15)12(20)16-7-10-17-11(19-18-10)8-3-5-9(14)6-4-8/h3-6H,7H2,1-2H3,(H,16,20)(H,17,18,19). The van der Waals surface area contributed by atoms with Crippen LogP contribution in [0, 0.1) is 0 Å². The van der Waals surface area contributed by atoms with Gasteiger partial charge in [0.2, 0.25) is 0 Å². The molecule has 0 aliphatic carbocycles. The summed E-state index contributed by atoms with van der Waals surface area (Å²) in [6, 6.07) is 7.53. The topological polar surface area (TPSA) is 70.7 Å². The third-order valence-electron chi connectivity index (χ3n) is 2.59. The minimum Gasteiger partial charge on any atom is -0.346 e. The molecule has 20 heavy (non-hydrogen) atoms. The van der Waals surface area contributed by atoms with E-state index in [1.165, 1.54) is 13.8 Å². The fourth-order valence-electron chi connectivity index (χ4n) is 1.48. The van der Waals surface area contributed by atoms with E-state index in [1.54, 1.807) is 0 Å². The van der Waals surface area contributed by atoms with Crippen molar-refractivity contribution in [1.82, 2.24) is 20.5 Å². The predicted octanol–water partition coefficient (Wildman–Crippen LogP) is 2.60. The van der Waals surface area contributed by atoms with Crippen LogP contribution in [0.25, 0.3) is 11.4 Å². The molecule has 7 heteroatoms. The highest BCUT2D eigenvalue weighted by Gasteiger charge is 2.26. The van der Waals surface area contributed by atoms with Crippen LogP contribution in [0.3, 0.4) is 0 Å². The number of aromatic nitrogens is 3. The van der Waals surface area contributed by atoms with Crippen molar-refractivity contribution >= 4 is 21.8 Å². The highest BCUT2D eigenvalue weighted by Crippen LogP contribution is 2.18. The van der Waals surface area contributed by atoms with E-state index < -0.39 is 11.6 Å². The SMILES string of the molecule is CC(C)(F)C(=O)NCc1nc(-c2ccc(Br)cc2)n[nH]1. The molecular weight excluding hydrogens is 327 g/mol. The highest BCUT2D eigenvalue weighted by atomic mass is 79.9. The predicted molar refractivity (Wildman–Crippen MR) is 76.6 cm³/mol. The van der Waals surface area contributed by atoms with E-state index >= 15 is 0 Å². The molecule has 0 radical (unpaired) electrons. The van der Waals surface area contributed by atoms with E-state index in [1.807, 2.05) is 24.3 Å². The minimum absolute atomic E-state index is 0.107. The summed E-state index contributed by atoms with van der Waals surface area (Å²) < 4.78 is 14.3. The number of alkyl halides is 1. The zero-order valence-electron chi connectivity index (χ0n) is 11.1. The molecule has 0 aliphatic rings. The van der Waals surface area contributed by atoms with Crippen molar-refractivity contribution in [3.63, 3.8) is 0 Å². The van der Waals surface area contributed by atoms with Crippen LogP contribution in [0.15, 0.2) is 28.7 Å². The van der Waals surface area contributed by atoms with Gasteiger partial charge in [0.25, 0.3) is 5.91 Å². The molecule has 2 N–H and O–H groups in total. The fraction of sp³-hybridized carbons (Fsp3) is 0.308. The number of carbonyl (C=O) groups is 1. The summed E-state index contributed by atoms with van der Waals surface area (Å²) >= 11 is 3.35. The number of hydrogen-bond acceptors (Lipinski definition) is 3. The molecule has 0 saturated carbocycles. The molecule has 1 amide bonds. The summed E-state index contributed by atoms with van der Waals surface area (Å²) in [7, 11) is 0. The van der Waals surface area contributed by atoms with E-state index in [0.717, 1.165) is 10.0 Å². The monoisotopic (exact) mass is 340 g/mol. The van der Waals surface area contributed by atoms with Gasteiger partial charge >= 0.3 is 0 Å². The molecule has 1 heterocycles. The van der Waals surface area contributed by atoms with Gasteiger partial charge in [-0.1, -0.05) is 28.1 Å². The summed E-state index contributed by atoms with van der Waals surface area (Å²) in [5, 5.41) is 9.23. The normalized spacial score (nSPS) is 11.4. The summed E-state index contributed by atoms with van der Waals surface area (Å²) in [6.07, 6.45) is 0. The smallest absolute Gasteiger partial charge is 0.257 e. The zero-order valence-corrected chi connectivity index (χ0v) is 12.7. The van der Waals surface area contributed by atoms with Gasteiger partial charge in [-0.15, -0.1) is 0 Å². The maximum atomic E-state index is 13.3. The molecule has 0 bridgehead atoms. The quantitative estimate of drug-likeness (QED) is 0.898. The lowest BCUT2D eigenvalue weighted by Gasteiger charge is -2.12. The molecule has 2 rings (SSSR count). The first-order valence-corrected chi connectivity index (χ1v) is 6.80. The maximum absolute atomic E-state index is 13.3. The number of nitrogens with one attached hydrogen (secondary N) is 2. The summed E-state index contributed by atoms with van der Waals surface area (Å²) in [5.74, 6) is 0.320. The Kier molecular flexibility index (Phi) is 4.17. The van der Waals surface area contributed by atoms with Crippen LogP contribution in [0.1, 0.15) is 19.7 Å². The van der Waals surface area contributed by atoms with Crippen LogP contribution in [-0.2, 0) is 11.3 Å². The Labute approximate surface area is 124 Å².